The van der Waals surface area contributed by atoms with Crippen molar-refractivity contribution in [2.24, 2.45) is 0 Å². The fraction of sp³-hybridized carbons (Fsp3) is 0.286. The molecule has 13 heteroatoms. The molecule has 0 unspecified atom stereocenters. The Balaban J connectivity index is 1.49. The molecule has 0 bridgehead atoms. The van der Waals surface area contributed by atoms with Gasteiger partial charge in [-0.3, -0.25) is 9.59 Å². The zero-order valence-corrected chi connectivity index (χ0v) is 23.8. The van der Waals surface area contributed by atoms with Crippen LogP contribution in [0.3, 0.4) is 0 Å². The molecule has 41 heavy (non-hydrogen) atoms. The van der Waals surface area contributed by atoms with E-state index in [4.69, 9.17) is 17.8 Å². The number of nitrogens with one attached hydrogen (secondary N) is 1. The van der Waals surface area contributed by atoms with E-state index in [0.717, 1.165) is 18.1 Å². The zero-order valence-electron chi connectivity index (χ0n) is 22.2. The molecule has 3 aromatic rings. The number of carbonyl (C=O) groups is 2. The first-order valence-corrected chi connectivity index (χ1v) is 16.1. The van der Waals surface area contributed by atoms with Crippen LogP contribution in [-0.2, 0) is 58.7 Å². The molecule has 6 rings (SSSR count). The summed E-state index contributed by atoms with van der Waals surface area (Å²) in [5.74, 6) is -0.159. The number of benzene rings is 3. The predicted octanol–water partition coefficient (Wildman–Crippen LogP) is 2.15. The van der Waals surface area contributed by atoms with Gasteiger partial charge in [-0.25, -0.2) is 13.7 Å². The van der Waals surface area contributed by atoms with E-state index in [-0.39, 0.29) is 58.8 Å². The molecule has 1 heterocycles. The molecule has 214 valence electrons. The minimum absolute atomic E-state index is 0.0598. The molecule has 3 aromatic carbocycles. The van der Waals surface area contributed by atoms with Crippen LogP contribution in [0.15, 0.2) is 54.6 Å². The van der Waals surface area contributed by atoms with Crippen molar-refractivity contribution in [1.29, 1.82) is 0 Å². The second kappa shape index (κ2) is 9.28. The molecule has 0 spiro atoms. The van der Waals surface area contributed by atoms with E-state index in [1.54, 1.807) is 37.4 Å². The van der Waals surface area contributed by atoms with E-state index in [1.165, 1.54) is 12.1 Å². The summed E-state index contributed by atoms with van der Waals surface area (Å²) in [6.45, 7) is 0.0418. The summed E-state index contributed by atoms with van der Waals surface area (Å²) in [4.78, 5) is 27.3. The van der Waals surface area contributed by atoms with Crippen LogP contribution in [0.4, 0.5) is 0 Å². The summed E-state index contributed by atoms with van der Waals surface area (Å²) in [6.07, 6.45) is 1.41. The number of fused-ring (bicyclic) bond motifs is 6. The normalized spacial score (nSPS) is 22.5. The maximum atomic E-state index is 13.7. The minimum Gasteiger partial charge on any atom is -0.497 e. The van der Waals surface area contributed by atoms with Crippen LogP contribution < -0.4 is 10.1 Å². The fourth-order valence-electron chi connectivity index (χ4n) is 5.79. The Bertz CT molecular complexity index is 1850. The third-order valence-corrected chi connectivity index (χ3v) is 8.46. The lowest BCUT2D eigenvalue weighted by Gasteiger charge is -2.25. The van der Waals surface area contributed by atoms with Crippen LogP contribution in [0, 0.1) is 0 Å². The van der Waals surface area contributed by atoms with Gasteiger partial charge in [0, 0.05) is 34.2 Å². The number of carbonyl (C=O) groups excluding carboxylic acids is 2. The van der Waals surface area contributed by atoms with Crippen LogP contribution in [0.25, 0.3) is 0 Å². The maximum absolute atomic E-state index is 13.7. The summed E-state index contributed by atoms with van der Waals surface area (Å²) < 4.78 is 71.5. The van der Waals surface area contributed by atoms with Crippen LogP contribution in [0.1, 0.15) is 54.1 Å². The highest BCUT2D eigenvalue weighted by Crippen LogP contribution is 2.61. The first kappa shape index (κ1) is 27.7. The van der Waals surface area contributed by atoms with Crippen molar-refractivity contribution in [3.63, 3.8) is 0 Å². The van der Waals surface area contributed by atoms with Crippen LogP contribution in [-0.4, -0.2) is 53.7 Å². The number of rotatable bonds is 9. The highest BCUT2D eigenvalue weighted by Gasteiger charge is 2.80. The van der Waals surface area contributed by atoms with Crippen molar-refractivity contribution in [3.8, 4) is 5.75 Å². The van der Waals surface area contributed by atoms with E-state index in [2.05, 4.69) is 5.32 Å². The number of hydrogen-bond acceptors (Lipinski definition) is 11. The van der Waals surface area contributed by atoms with Gasteiger partial charge >= 0.3 is 0 Å². The molecule has 3 aliphatic rings. The van der Waals surface area contributed by atoms with Gasteiger partial charge in [0.05, 0.1) is 32.8 Å². The van der Waals surface area contributed by atoms with E-state index < -0.39 is 37.5 Å². The summed E-state index contributed by atoms with van der Waals surface area (Å²) >= 11 is 0. The van der Waals surface area contributed by atoms with Gasteiger partial charge in [0.15, 0.2) is 17.3 Å². The summed E-state index contributed by atoms with van der Waals surface area (Å²) in [5.41, 5.74) is -1.56. The molecule has 0 aromatic heterocycles. The molecular formula is C28H25NO10S2. The number of hydrogen-bond donors (Lipinski definition) is 1. The lowest BCUT2D eigenvalue weighted by Crippen LogP contribution is -2.30. The number of ketones is 2. The molecule has 0 saturated carbocycles. The van der Waals surface area contributed by atoms with Gasteiger partial charge in [-0.15, -0.1) is 0 Å². The van der Waals surface area contributed by atoms with Gasteiger partial charge in [-0.2, -0.15) is 16.8 Å². The first-order chi connectivity index (χ1) is 19.3. The Kier molecular flexibility index (Phi) is 6.27. The number of ether oxygens (including phenoxy) is 2. The van der Waals surface area contributed by atoms with Gasteiger partial charge in [-0.1, -0.05) is 36.4 Å². The van der Waals surface area contributed by atoms with Crippen LogP contribution in [0.2, 0.25) is 0 Å². The van der Waals surface area contributed by atoms with Gasteiger partial charge in [0.2, 0.25) is 5.72 Å². The van der Waals surface area contributed by atoms with Crippen LogP contribution >= 0.6 is 0 Å². The summed E-state index contributed by atoms with van der Waals surface area (Å²) in [6, 6.07) is 15.1. The minimum atomic E-state index is -4.18. The predicted molar refractivity (Wildman–Crippen MR) is 144 cm³/mol. The maximum Gasteiger partial charge on any atom is 0.266 e. The molecule has 1 aliphatic heterocycles. The molecule has 1 saturated heterocycles. The second-order valence-electron chi connectivity index (χ2n) is 10.2. The molecule has 1 fully saturated rings. The quantitative estimate of drug-likeness (QED) is 0.222. The van der Waals surface area contributed by atoms with Crippen molar-refractivity contribution >= 4 is 31.8 Å². The molecule has 11 nitrogen and oxygen atoms in total. The Morgan fingerprint density at radius 3 is 2.07 bits per heavy atom. The largest absolute Gasteiger partial charge is 0.497 e. The first-order valence-electron chi connectivity index (χ1n) is 12.5. The zero-order chi connectivity index (χ0) is 29.4. The van der Waals surface area contributed by atoms with E-state index in [9.17, 15) is 26.4 Å². The van der Waals surface area contributed by atoms with Crippen molar-refractivity contribution in [2.45, 2.75) is 31.1 Å². The van der Waals surface area contributed by atoms with Gasteiger partial charge in [-0.05, 0) is 34.9 Å². The smallest absolute Gasteiger partial charge is 0.266 e. The Labute approximate surface area is 236 Å². The highest BCUT2D eigenvalue weighted by atomic mass is 32.2. The molecule has 0 radical (unpaired) electrons. The molecular weight excluding hydrogens is 574 g/mol. The number of methoxy groups -OCH3 is 1. The standard InChI is InChI=1S/C28H25NO10S2/c1-36-18-10-8-16(9-11-18)14-37-15-17-12-21-23(26(31)20-7-5-4-6-19(20)25(21)30)22-13-27(38-40(2,32)33)28(29-27,24(17)22)39-41(3,34)35/h4-12,29H,13-15H2,1-3H3/t27-,28+/m0/s1. The third-order valence-electron chi connectivity index (χ3n) is 7.32. The van der Waals surface area contributed by atoms with Crippen molar-refractivity contribution < 1.29 is 44.3 Å². The van der Waals surface area contributed by atoms with Gasteiger partial charge in [0.1, 0.15) is 5.75 Å². The van der Waals surface area contributed by atoms with Crippen molar-refractivity contribution in [3.05, 3.63) is 99.1 Å². The SMILES string of the molecule is COc1ccc(COCc2cc3c(c4c2[C@]2(OS(C)(=O)=O)N[C@]2(OS(C)(=O)=O)C4)C(=O)c2ccccc2C3=O)cc1. The Hall–Kier alpha value is -3.46. The molecule has 0 amide bonds. The average Bonchev–Trinajstić information content (AvgIpc) is 3.39. The van der Waals surface area contributed by atoms with Crippen molar-refractivity contribution in [2.75, 3.05) is 19.6 Å². The van der Waals surface area contributed by atoms with Gasteiger partial charge in [0.25, 0.3) is 20.2 Å². The van der Waals surface area contributed by atoms with E-state index in [1.807, 2.05) is 12.1 Å². The Morgan fingerprint density at radius 2 is 1.46 bits per heavy atom. The summed E-state index contributed by atoms with van der Waals surface area (Å²) in [7, 11) is -6.76. The lowest BCUT2D eigenvalue weighted by molar-refractivity contribution is 0.0721. The molecule has 2 aliphatic carbocycles. The average molecular weight is 600 g/mol. The second-order valence-corrected chi connectivity index (χ2v) is 13.4. The van der Waals surface area contributed by atoms with E-state index in [0.29, 0.717) is 11.3 Å². The Morgan fingerprint density at radius 1 is 0.829 bits per heavy atom. The monoisotopic (exact) mass is 599 g/mol. The fourth-order valence-corrected chi connectivity index (χ4v) is 7.23. The van der Waals surface area contributed by atoms with Crippen LogP contribution in [0.5, 0.6) is 5.75 Å². The topological polar surface area (TPSA) is 161 Å². The molecule has 1 N–H and O–H groups in total. The van der Waals surface area contributed by atoms with E-state index >= 15 is 0 Å². The summed E-state index contributed by atoms with van der Waals surface area (Å²) in [5, 5.41) is 2.81. The highest BCUT2D eigenvalue weighted by molar-refractivity contribution is 7.86. The van der Waals surface area contributed by atoms with Gasteiger partial charge < -0.3 is 9.47 Å². The third kappa shape index (κ3) is 4.58. The molecule has 2 atom stereocenters. The lowest BCUT2D eigenvalue weighted by atomic mass is 9.79. The van der Waals surface area contributed by atoms with Crippen molar-refractivity contribution in [1.82, 2.24) is 5.32 Å².